The van der Waals surface area contributed by atoms with E-state index in [4.69, 9.17) is 4.74 Å². The quantitative estimate of drug-likeness (QED) is 0.786. The fraction of sp³-hybridized carbons (Fsp3) is 0.600. The Morgan fingerprint density at radius 3 is 2.43 bits per heavy atom. The summed E-state index contributed by atoms with van der Waals surface area (Å²) < 4.78 is 46.7. The van der Waals surface area contributed by atoms with Gasteiger partial charge >= 0.3 is 6.36 Å². The van der Waals surface area contributed by atoms with Gasteiger partial charge in [-0.3, -0.25) is 0 Å². The highest BCUT2D eigenvalue weighted by molar-refractivity contribution is 5.36. The zero-order chi connectivity index (χ0) is 15.9. The number of hydrogen-bond acceptors (Lipinski definition) is 3. The van der Waals surface area contributed by atoms with Gasteiger partial charge in [-0.2, -0.15) is 0 Å². The zero-order valence-corrected chi connectivity index (χ0v) is 12.5. The van der Waals surface area contributed by atoms with Crippen molar-refractivity contribution in [2.75, 3.05) is 13.7 Å². The van der Waals surface area contributed by atoms with Crippen molar-refractivity contribution >= 4 is 0 Å². The summed E-state index contributed by atoms with van der Waals surface area (Å²) in [6, 6.07) is 6.04. The van der Waals surface area contributed by atoms with Gasteiger partial charge in [-0.15, -0.1) is 13.2 Å². The molecule has 6 heteroatoms. The fourth-order valence-corrected chi connectivity index (χ4v) is 2.12. The van der Waals surface area contributed by atoms with Crippen LogP contribution < -0.4 is 10.1 Å². The minimum atomic E-state index is -4.69. The number of halogens is 3. The minimum Gasteiger partial charge on any atom is -0.405 e. The van der Waals surface area contributed by atoms with E-state index in [1.54, 1.807) is 19.2 Å². The summed E-state index contributed by atoms with van der Waals surface area (Å²) in [6.07, 6.45) is -3.22. The number of methoxy groups -OCH3 is 1. The maximum atomic E-state index is 12.5. The first-order valence-corrected chi connectivity index (χ1v) is 6.98. The van der Waals surface area contributed by atoms with Gasteiger partial charge in [0.15, 0.2) is 0 Å². The van der Waals surface area contributed by atoms with Crippen LogP contribution in [0.3, 0.4) is 0 Å². The number of hydrogen-bond donors (Lipinski definition) is 1. The molecule has 0 aliphatic rings. The van der Waals surface area contributed by atoms with E-state index < -0.39 is 6.36 Å². The maximum Gasteiger partial charge on any atom is 0.573 e. The molecule has 0 aromatic heterocycles. The van der Waals surface area contributed by atoms with Crippen LogP contribution in [0.5, 0.6) is 5.75 Å². The van der Waals surface area contributed by atoms with Crippen LogP contribution in [0.1, 0.15) is 38.3 Å². The summed E-state index contributed by atoms with van der Waals surface area (Å²) in [5, 5.41) is 3.20. The van der Waals surface area contributed by atoms with Crippen molar-refractivity contribution in [3.63, 3.8) is 0 Å². The van der Waals surface area contributed by atoms with Crippen LogP contribution in [0.2, 0.25) is 0 Å². The highest BCUT2D eigenvalue weighted by Gasteiger charge is 2.32. The van der Waals surface area contributed by atoms with Gasteiger partial charge in [-0.25, -0.2) is 0 Å². The van der Waals surface area contributed by atoms with E-state index in [-0.39, 0.29) is 17.9 Å². The number of alkyl halides is 3. The molecule has 0 heterocycles. The van der Waals surface area contributed by atoms with Crippen molar-refractivity contribution in [1.29, 1.82) is 0 Å². The Labute approximate surface area is 123 Å². The Kier molecular flexibility index (Phi) is 6.98. The van der Waals surface area contributed by atoms with Crippen LogP contribution in [0.4, 0.5) is 13.2 Å². The number of rotatable bonds is 8. The largest absolute Gasteiger partial charge is 0.573 e. The molecule has 1 rings (SSSR count). The molecule has 3 nitrogen and oxygen atoms in total. The lowest BCUT2D eigenvalue weighted by molar-refractivity contribution is -0.275. The van der Waals surface area contributed by atoms with Crippen molar-refractivity contribution < 1.29 is 22.6 Å². The highest BCUT2D eigenvalue weighted by atomic mass is 19.4. The first-order chi connectivity index (χ1) is 9.87. The molecule has 0 radical (unpaired) electrons. The highest BCUT2D eigenvalue weighted by Crippen LogP contribution is 2.32. The van der Waals surface area contributed by atoms with Gasteiger partial charge in [0.05, 0.1) is 6.10 Å². The number of ether oxygens (including phenoxy) is 2. The van der Waals surface area contributed by atoms with E-state index in [0.29, 0.717) is 18.5 Å². The van der Waals surface area contributed by atoms with Crippen LogP contribution in [0, 0.1) is 0 Å². The lowest BCUT2D eigenvalue weighted by Gasteiger charge is -2.23. The number of benzene rings is 1. The molecule has 21 heavy (non-hydrogen) atoms. The first kappa shape index (κ1) is 17.8. The van der Waals surface area contributed by atoms with E-state index >= 15 is 0 Å². The molecule has 0 saturated heterocycles. The van der Waals surface area contributed by atoms with E-state index in [9.17, 15) is 13.2 Å². The van der Waals surface area contributed by atoms with E-state index in [2.05, 4.69) is 10.1 Å². The van der Waals surface area contributed by atoms with E-state index in [0.717, 1.165) is 6.42 Å². The molecular formula is C15H22F3NO2. The molecule has 1 aromatic rings. The van der Waals surface area contributed by atoms with Crippen molar-refractivity contribution in [3.05, 3.63) is 29.8 Å². The Balaban J connectivity index is 2.91. The number of nitrogens with one attached hydrogen (secondary N) is 1. The molecule has 0 aliphatic heterocycles. The van der Waals surface area contributed by atoms with Gasteiger partial charge in [-0.1, -0.05) is 25.1 Å². The second kappa shape index (κ2) is 8.24. The molecule has 0 spiro atoms. The van der Waals surface area contributed by atoms with Crippen LogP contribution in [0.15, 0.2) is 24.3 Å². The fourth-order valence-electron chi connectivity index (χ4n) is 2.12. The topological polar surface area (TPSA) is 30.5 Å². The van der Waals surface area contributed by atoms with E-state index in [1.165, 1.54) is 12.1 Å². The van der Waals surface area contributed by atoms with Gasteiger partial charge in [-0.05, 0) is 32.4 Å². The van der Waals surface area contributed by atoms with Crippen LogP contribution in [0.25, 0.3) is 0 Å². The Morgan fingerprint density at radius 1 is 1.19 bits per heavy atom. The zero-order valence-electron chi connectivity index (χ0n) is 12.5. The third-order valence-corrected chi connectivity index (χ3v) is 3.23. The molecule has 0 aliphatic carbocycles. The molecule has 0 fully saturated rings. The molecule has 2 atom stereocenters. The summed E-state index contributed by atoms with van der Waals surface area (Å²) in [4.78, 5) is 0. The second-order valence-electron chi connectivity index (χ2n) is 4.82. The minimum absolute atomic E-state index is 0.0573. The van der Waals surface area contributed by atoms with Crippen LogP contribution in [-0.4, -0.2) is 26.1 Å². The summed E-state index contributed by atoms with van der Waals surface area (Å²) in [6.45, 7) is 4.51. The Hall–Kier alpha value is -1.27. The standard InChI is InChI=1S/C15H22F3NO2/c1-4-19-13(10-9-11(2)20-3)12-7-5-6-8-14(12)21-15(16,17)18/h5-8,11,13,19H,4,9-10H2,1-3H3. The van der Waals surface area contributed by atoms with Gasteiger partial charge in [0, 0.05) is 18.7 Å². The molecule has 120 valence electrons. The number of para-hydroxylation sites is 1. The smallest absolute Gasteiger partial charge is 0.405 e. The monoisotopic (exact) mass is 305 g/mol. The summed E-state index contributed by atoms with van der Waals surface area (Å²) in [5.74, 6) is -0.152. The SMILES string of the molecule is CCNC(CCC(C)OC)c1ccccc1OC(F)(F)F. The maximum absolute atomic E-state index is 12.5. The average Bonchev–Trinajstić information content (AvgIpc) is 2.42. The predicted molar refractivity (Wildman–Crippen MR) is 75.2 cm³/mol. The molecule has 0 saturated carbocycles. The summed E-state index contributed by atoms with van der Waals surface area (Å²) >= 11 is 0. The van der Waals surface area contributed by atoms with Crippen molar-refractivity contribution in [2.24, 2.45) is 0 Å². The average molecular weight is 305 g/mol. The molecule has 2 unspecified atom stereocenters. The third-order valence-electron chi connectivity index (χ3n) is 3.23. The molecular weight excluding hydrogens is 283 g/mol. The van der Waals surface area contributed by atoms with Crippen LogP contribution >= 0.6 is 0 Å². The third kappa shape index (κ3) is 6.35. The summed E-state index contributed by atoms with van der Waals surface area (Å²) in [5.41, 5.74) is 0.514. The Morgan fingerprint density at radius 2 is 1.86 bits per heavy atom. The molecule has 1 aromatic carbocycles. The second-order valence-corrected chi connectivity index (χ2v) is 4.82. The van der Waals surface area contributed by atoms with Crippen molar-refractivity contribution in [3.8, 4) is 5.75 Å². The molecule has 0 amide bonds. The van der Waals surface area contributed by atoms with Gasteiger partial charge in [0.1, 0.15) is 5.75 Å². The predicted octanol–water partition coefficient (Wildman–Crippen LogP) is 4.05. The van der Waals surface area contributed by atoms with Gasteiger partial charge in [0.25, 0.3) is 0 Å². The van der Waals surface area contributed by atoms with Crippen LogP contribution in [-0.2, 0) is 4.74 Å². The molecule has 0 bridgehead atoms. The lowest BCUT2D eigenvalue weighted by Crippen LogP contribution is -2.25. The van der Waals surface area contributed by atoms with Gasteiger partial charge in [0.2, 0.25) is 0 Å². The Bertz CT molecular complexity index is 424. The van der Waals surface area contributed by atoms with Gasteiger partial charge < -0.3 is 14.8 Å². The normalized spacial score (nSPS) is 14.8. The first-order valence-electron chi connectivity index (χ1n) is 6.98. The molecule has 1 N–H and O–H groups in total. The lowest BCUT2D eigenvalue weighted by atomic mass is 9.99. The van der Waals surface area contributed by atoms with Crippen molar-refractivity contribution in [2.45, 2.75) is 45.2 Å². The van der Waals surface area contributed by atoms with E-state index in [1.807, 2.05) is 13.8 Å². The van der Waals surface area contributed by atoms with Crippen molar-refractivity contribution in [1.82, 2.24) is 5.32 Å². The summed E-state index contributed by atoms with van der Waals surface area (Å²) in [7, 11) is 1.62.